The molecule has 0 bridgehead atoms. The second-order valence-corrected chi connectivity index (χ2v) is 16.1. The first-order valence-electron chi connectivity index (χ1n) is 24.5. The highest BCUT2D eigenvalue weighted by atomic mass is 16.6. The Morgan fingerprint density at radius 3 is 1.10 bits per heavy atom. The maximum atomic E-state index is 12.7. The zero-order chi connectivity index (χ0) is 43.0. The van der Waals surface area contributed by atoms with E-state index in [1.807, 2.05) is 48.6 Å². The summed E-state index contributed by atoms with van der Waals surface area (Å²) in [7, 11) is 0. The lowest BCUT2D eigenvalue weighted by Crippen LogP contribution is -2.30. The van der Waals surface area contributed by atoms with Crippen molar-refractivity contribution in [1.82, 2.24) is 0 Å². The SMILES string of the molecule is CC\C=C/C=C\C=C/C=C\C=C/CCCCCC(=O)OC(COC(=O)CCCCCCC/C=C\CCCCCCCCC)COC(=O)CCCCCCCCCCCC. The monoisotopic (exact) mass is 823 g/mol. The first-order chi connectivity index (χ1) is 29.0. The molecule has 0 saturated carbocycles. The van der Waals surface area contributed by atoms with Gasteiger partial charge in [-0.2, -0.15) is 0 Å². The van der Waals surface area contributed by atoms with Crippen LogP contribution in [0.4, 0.5) is 0 Å². The van der Waals surface area contributed by atoms with Gasteiger partial charge in [-0.25, -0.2) is 0 Å². The normalized spacial score (nSPS) is 12.7. The highest BCUT2D eigenvalue weighted by Crippen LogP contribution is 2.14. The molecule has 0 aromatic carbocycles. The molecule has 1 unspecified atom stereocenters. The van der Waals surface area contributed by atoms with E-state index in [9.17, 15) is 14.4 Å². The van der Waals surface area contributed by atoms with Gasteiger partial charge in [0.25, 0.3) is 0 Å². The van der Waals surface area contributed by atoms with Crippen LogP contribution in [0.25, 0.3) is 0 Å². The molecular weight excluding hydrogens is 733 g/mol. The van der Waals surface area contributed by atoms with E-state index in [1.165, 1.54) is 109 Å². The second-order valence-electron chi connectivity index (χ2n) is 16.1. The summed E-state index contributed by atoms with van der Waals surface area (Å²) in [4.78, 5) is 37.8. The third-order valence-corrected chi connectivity index (χ3v) is 10.3. The summed E-state index contributed by atoms with van der Waals surface area (Å²) < 4.78 is 16.7. The van der Waals surface area contributed by atoms with Crippen molar-refractivity contribution in [3.8, 4) is 0 Å². The number of allylic oxidation sites excluding steroid dienone is 12. The molecule has 0 aliphatic carbocycles. The molecule has 0 aliphatic heterocycles. The molecule has 59 heavy (non-hydrogen) atoms. The van der Waals surface area contributed by atoms with Crippen LogP contribution in [0.3, 0.4) is 0 Å². The zero-order valence-electron chi connectivity index (χ0n) is 38.5. The first kappa shape index (κ1) is 55.9. The summed E-state index contributed by atoms with van der Waals surface area (Å²) in [6.45, 7) is 6.43. The lowest BCUT2D eigenvalue weighted by Gasteiger charge is -2.18. The van der Waals surface area contributed by atoms with E-state index in [-0.39, 0.29) is 37.5 Å². The number of ether oxygens (including phenoxy) is 3. The molecule has 0 fully saturated rings. The van der Waals surface area contributed by atoms with E-state index < -0.39 is 6.10 Å². The minimum atomic E-state index is -0.797. The van der Waals surface area contributed by atoms with Crippen LogP contribution < -0.4 is 0 Å². The fourth-order valence-electron chi connectivity index (χ4n) is 6.63. The average Bonchev–Trinajstić information content (AvgIpc) is 3.23. The molecule has 6 heteroatoms. The molecule has 0 amide bonds. The molecule has 0 spiro atoms. The first-order valence-corrected chi connectivity index (χ1v) is 24.5. The third kappa shape index (κ3) is 45.8. The average molecular weight is 823 g/mol. The van der Waals surface area contributed by atoms with E-state index in [0.717, 1.165) is 70.6 Å². The number of hydrogen-bond donors (Lipinski definition) is 0. The lowest BCUT2D eigenvalue weighted by molar-refractivity contribution is -0.167. The van der Waals surface area contributed by atoms with Crippen molar-refractivity contribution < 1.29 is 28.6 Å². The van der Waals surface area contributed by atoms with Crippen molar-refractivity contribution in [3.05, 3.63) is 72.9 Å². The van der Waals surface area contributed by atoms with Crippen molar-refractivity contribution in [2.45, 2.75) is 232 Å². The highest BCUT2D eigenvalue weighted by molar-refractivity contribution is 5.71. The Kier molecular flexibility index (Phi) is 45.0. The maximum Gasteiger partial charge on any atom is 0.306 e. The Labute approximate surface area is 363 Å². The summed E-state index contributed by atoms with van der Waals surface area (Å²) in [5, 5.41) is 0. The number of hydrogen-bond acceptors (Lipinski definition) is 6. The molecule has 0 aliphatic rings. The van der Waals surface area contributed by atoms with Crippen molar-refractivity contribution in [2.75, 3.05) is 13.2 Å². The van der Waals surface area contributed by atoms with E-state index in [2.05, 4.69) is 45.1 Å². The molecule has 0 aromatic heterocycles. The van der Waals surface area contributed by atoms with Crippen LogP contribution in [0.15, 0.2) is 72.9 Å². The van der Waals surface area contributed by atoms with Crippen LogP contribution >= 0.6 is 0 Å². The minimum Gasteiger partial charge on any atom is -0.462 e. The summed E-state index contributed by atoms with van der Waals surface area (Å²) in [5.41, 5.74) is 0. The van der Waals surface area contributed by atoms with Gasteiger partial charge in [0, 0.05) is 19.3 Å². The van der Waals surface area contributed by atoms with Crippen LogP contribution in [0.1, 0.15) is 226 Å². The number of unbranched alkanes of at least 4 members (excludes halogenated alkanes) is 24. The Morgan fingerprint density at radius 1 is 0.356 bits per heavy atom. The van der Waals surface area contributed by atoms with E-state index in [0.29, 0.717) is 19.3 Å². The van der Waals surface area contributed by atoms with Gasteiger partial charge < -0.3 is 14.2 Å². The molecule has 0 heterocycles. The van der Waals surface area contributed by atoms with Gasteiger partial charge in [0.15, 0.2) is 6.10 Å². The van der Waals surface area contributed by atoms with Gasteiger partial charge in [-0.3, -0.25) is 14.4 Å². The fourth-order valence-corrected chi connectivity index (χ4v) is 6.63. The number of rotatable bonds is 43. The number of carbonyl (C=O) groups is 3. The Balaban J connectivity index is 4.45. The highest BCUT2D eigenvalue weighted by Gasteiger charge is 2.19. The maximum absolute atomic E-state index is 12.7. The fraction of sp³-hybridized carbons (Fsp3) is 0.717. The molecular formula is C53H90O6. The van der Waals surface area contributed by atoms with Crippen LogP contribution in [0.5, 0.6) is 0 Å². The predicted octanol–water partition coefficient (Wildman–Crippen LogP) is 15.9. The van der Waals surface area contributed by atoms with Crippen LogP contribution in [0, 0.1) is 0 Å². The van der Waals surface area contributed by atoms with Gasteiger partial charge in [0.05, 0.1) is 0 Å². The van der Waals surface area contributed by atoms with Gasteiger partial charge >= 0.3 is 17.9 Å². The smallest absolute Gasteiger partial charge is 0.306 e. The van der Waals surface area contributed by atoms with Crippen molar-refractivity contribution in [1.29, 1.82) is 0 Å². The zero-order valence-corrected chi connectivity index (χ0v) is 38.5. The molecule has 6 nitrogen and oxygen atoms in total. The van der Waals surface area contributed by atoms with E-state index in [4.69, 9.17) is 14.2 Å². The minimum absolute atomic E-state index is 0.0944. The Bertz CT molecular complexity index is 1130. The molecule has 0 radical (unpaired) electrons. The van der Waals surface area contributed by atoms with Crippen molar-refractivity contribution in [3.63, 3.8) is 0 Å². The van der Waals surface area contributed by atoms with Gasteiger partial charge in [-0.05, 0) is 64.2 Å². The Morgan fingerprint density at radius 2 is 0.678 bits per heavy atom. The third-order valence-electron chi connectivity index (χ3n) is 10.3. The lowest BCUT2D eigenvalue weighted by atomic mass is 10.1. The topological polar surface area (TPSA) is 78.9 Å². The van der Waals surface area contributed by atoms with Gasteiger partial charge in [0.1, 0.15) is 13.2 Å². The van der Waals surface area contributed by atoms with Gasteiger partial charge in [-0.1, -0.05) is 216 Å². The number of carbonyl (C=O) groups excluding carboxylic acids is 3. The molecule has 0 rings (SSSR count). The van der Waals surface area contributed by atoms with E-state index >= 15 is 0 Å². The second kappa shape index (κ2) is 47.5. The molecule has 1 atom stereocenters. The molecule has 0 N–H and O–H groups in total. The molecule has 0 saturated heterocycles. The number of esters is 3. The summed E-state index contributed by atoms with van der Waals surface area (Å²) in [6, 6.07) is 0. The molecule has 0 aromatic rings. The van der Waals surface area contributed by atoms with Crippen LogP contribution in [-0.2, 0) is 28.6 Å². The van der Waals surface area contributed by atoms with Gasteiger partial charge in [0.2, 0.25) is 0 Å². The van der Waals surface area contributed by atoms with Crippen LogP contribution in [0.2, 0.25) is 0 Å². The molecule has 338 valence electrons. The van der Waals surface area contributed by atoms with Crippen LogP contribution in [-0.4, -0.2) is 37.2 Å². The van der Waals surface area contributed by atoms with Crippen molar-refractivity contribution >= 4 is 17.9 Å². The van der Waals surface area contributed by atoms with Gasteiger partial charge in [-0.15, -0.1) is 0 Å². The summed E-state index contributed by atoms with van der Waals surface area (Å²) >= 11 is 0. The van der Waals surface area contributed by atoms with E-state index in [1.54, 1.807) is 0 Å². The standard InChI is InChI=1S/C53H90O6/c1-4-7-10-13-16-19-22-24-26-28-29-31-34-37-40-43-46-52(55)58-49-50(48-57-51(54)45-42-39-36-33-21-18-15-12-9-6-3)59-53(56)47-44-41-38-35-32-30-27-25-23-20-17-14-11-8-5-2/h8,11,14,17,20,23,25-28,30,32,50H,4-7,9-10,12-13,15-16,18-19,21-22,24,29,31,33-49H2,1-3H3/b11-8-,17-14-,23-20-,27-25-,28-26-,32-30-. The van der Waals surface area contributed by atoms with Crippen molar-refractivity contribution in [2.24, 2.45) is 0 Å². The largest absolute Gasteiger partial charge is 0.462 e. The quantitative estimate of drug-likeness (QED) is 0.0200. The Hall–Kier alpha value is -3.15. The summed E-state index contributed by atoms with van der Waals surface area (Å²) in [5.74, 6) is -0.947. The summed E-state index contributed by atoms with van der Waals surface area (Å²) in [6.07, 6.45) is 58.8. The predicted molar refractivity (Wildman–Crippen MR) is 251 cm³/mol.